The Bertz CT molecular complexity index is 233. The van der Waals surface area contributed by atoms with Crippen molar-refractivity contribution in [1.82, 2.24) is 10.6 Å². The van der Waals surface area contributed by atoms with Gasteiger partial charge in [0.15, 0.2) is 0 Å². The normalized spacial score (nSPS) is 14.0. The van der Waals surface area contributed by atoms with Crippen LogP contribution in [-0.2, 0) is 14.3 Å². The molecule has 6 nitrogen and oxygen atoms in total. The first kappa shape index (κ1) is 14.9. The molecule has 0 saturated carbocycles. The van der Waals surface area contributed by atoms with E-state index >= 15 is 0 Å². The molecule has 2 unspecified atom stereocenters. The topological polar surface area (TPSA) is 87.7 Å². The van der Waals surface area contributed by atoms with E-state index in [9.17, 15) is 14.7 Å². The zero-order chi connectivity index (χ0) is 12.6. The largest absolute Gasteiger partial charge is 0.391 e. The minimum atomic E-state index is -0.582. The molecule has 94 valence electrons. The first-order valence-corrected chi connectivity index (χ1v) is 5.19. The summed E-state index contributed by atoms with van der Waals surface area (Å²) in [5.41, 5.74) is 0. The van der Waals surface area contributed by atoms with E-state index in [0.717, 1.165) is 0 Å². The molecular formula is C10H20N2O4. The summed E-state index contributed by atoms with van der Waals surface area (Å²) in [4.78, 5) is 22.1. The lowest BCUT2D eigenvalue weighted by atomic mass is 10.2. The molecule has 3 N–H and O–H groups in total. The van der Waals surface area contributed by atoms with Crippen LogP contribution in [0.3, 0.4) is 0 Å². The van der Waals surface area contributed by atoms with Gasteiger partial charge in [-0.15, -0.1) is 0 Å². The lowest BCUT2D eigenvalue weighted by molar-refractivity contribution is -0.127. The second-order valence-electron chi connectivity index (χ2n) is 3.61. The van der Waals surface area contributed by atoms with Crippen molar-refractivity contribution in [2.45, 2.75) is 32.4 Å². The molecule has 0 spiro atoms. The summed E-state index contributed by atoms with van der Waals surface area (Å²) in [5.74, 6) is -0.512. The lowest BCUT2D eigenvalue weighted by Gasteiger charge is -2.14. The fraction of sp³-hybridized carbons (Fsp3) is 0.800. The van der Waals surface area contributed by atoms with Gasteiger partial charge in [-0.25, -0.2) is 0 Å². The van der Waals surface area contributed by atoms with E-state index in [1.54, 1.807) is 6.92 Å². The Morgan fingerprint density at radius 1 is 1.44 bits per heavy atom. The van der Waals surface area contributed by atoms with E-state index in [4.69, 9.17) is 4.74 Å². The van der Waals surface area contributed by atoms with Crippen LogP contribution in [0, 0.1) is 0 Å². The molecule has 0 radical (unpaired) electrons. The molecule has 16 heavy (non-hydrogen) atoms. The molecule has 6 heteroatoms. The Labute approximate surface area is 95.4 Å². The number of ether oxygens (including phenoxy) is 1. The summed E-state index contributed by atoms with van der Waals surface area (Å²) in [7, 11) is 1.50. The molecule has 0 aliphatic heterocycles. The van der Waals surface area contributed by atoms with Gasteiger partial charge in [-0.05, 0) is 13.3 Å². The van der Waals surface area contributed by atoms with Crippen LogP contribution in [-0.4, -0.2) is 49.3 Å². The first-order chi connectivity index (χ1) is 7.47. The monoisotopic (exact) mass is 232 g/mol. The summed E-state index contributed by atoms with van der Waals surface area (Å²) in [6.45, 7) is 3.55. The highest BCUT2D eigenvalue weighted by Crippen LogP contribution is 1.90. The fourth-order valence-electron chi connectivity index (χ4n) is 1.16. The summed E-state index contributed by atoms with van der Waals surface area (Å²) in [6, 6.07) is -0.558. The van der Waals surface area contributed by atoms with Crippen molar-refractivity contribution < 1.29 is 19.4 Å². The molecule has 0 aromatic carbocycles. The van der Waals surface area contributed by atoms with Gasteiger partial charge in [0.05, 0.1) is 12.7 Å². The number of hydrogen-bond donors (Lipinski definition) is 3. The van der Waals surface area contributed by atoms with Gasteiger partial charge in [-0.2, -0.15) is 0 Å². The Morgan fingerprint density at radius 2 is 2.06 bits per heavy atom. The maximum Gasteiger partial charge on any atom is 0.242 e. The van der Waals surface area contributed by atoms with Crippen molar-refractivity contribution in [3.63, 3.8) is 0 Å². The average Bonchev–Trinajstić information content (AvgIpc) is 2.16. The molecule has 0 aromatic heterocycles. The maximum absolute atomic E-state index is 11.4. The Hall–Kier alpha value is -1.14. The molecule has 2 atom stereocenters. The average molecular weight is 232 g/mol. The van der Waals surface area contributed by atoms with Crippen molar-refractivity contribution in [3.8, 4) is 0 Å². The van der Waals surface area contributed by atoms with Crippen LogP contribution in [0.25, 0.3) is 0 Å². The van der Waals surface area contributed by atoms with Crippen LogP contribution in [0.1, 0.15) is 20.3 Å². The highest BCUT2D eigenvalue weighted by atomic mass is 16.5. The van der Waals surface area contributed by atoms with E-state index in [2.05, 4.69) is 10.6 Å². The minimum Gasteiger partial charge on any atom is -0.391 e. The SMILES string of the molecule is COCC(O)CCNC(=O)C(C)NC(C)=O. The van der Waals surface area contributed by atoms with Crippen LogP contribution in [0.5, 0.6) is 0 Å². The zero-order valence-corrected chi connectivity index (χ0v) is 9.95. The maximum atomic E-state index is 11.4. The number of rotatable bonds is 7. The Morgan fingerprint density at radius 3 is 2.56 bits per heavy atom. The molecule has 0 aromatic rings. The number of methoxy groups -OCH3 is 1. The number of aliphatic hydroxyl groups is 1. The summed E-state index contributed by atoms with van der Waals surface area (Å²) in [6.07, 6.45) is -0.159. The van der Waals surface area contributed by atoms with Crippen molar-refractivity contribution >= 4 is 11.8 Å². The van der Waals surface area contributed by atoms with Gasteiger partial charge in [-0.3, -0.25) is 9.59 Å². The van der Waals surface area contributed by atoms with Crippen molar-refractivity contribution in [3.05, 3.63) is 0 Å². The first-order valence-electron chi connectivity index (χ1n) is 5.19. The van der Waals surface area contributed by atoms with Crippen LogP contribution >= 0.6 is 0 Å². The van der Waals surface area contributed by atoms with Gasteiger partial charge in [0.2, 0.25) is 11.8 Å². The second kappa shape index (κ2) is 8.06. The molecule has 0 fully saturated rings. The van der Waals surface area contributed by atoms with Gasteiger partial charge in [-0.1, -0.05) is 0 Å². The van der Waals surface area contributed by atoms with Gasteiger partial charge >= 0.3 is 0 Å². The molecule has 2 amide bonds. The standard InChI is InChI=1S/C10H20N2O4/c1-7(12-8(2)13)10(15)11-5-4-9(14)6-16-3/h7,9,14H,4-6H2,1-3H3,(H,11,15)(H,12,13). The van der Waals surface area contributed by atoms with Crippen molar-refractivity contribution in [2.24, 2.45) is 0 Å². The number of nitrogens with one attached hydrogen (secondary N) is 2. The van der Waals surface area contributed by atoms with Gasteiger partial charge < -0.3 is 20.5 Å². The number of aliphatic hydroxyl groups excluding tert-OH is 1. The Balaban J connectivity index is 3.68. The number of carbonyl (C=O) groups excluding carboxylic acids is 2. The minimum absolute atomic E-state index is 0.247. The predicted octanol–water partition coefficient (Wildman–Crippen LogP) is -0.975. The van der Waals surface area contributed by atoms with E-state index in [1.165, 1.54) is 14.0 Å². The molecule has 0 aliphatic rings. The van der Waals surface area contributed by atoms with Gasteiger partial charge in [0.1, 0.15) is 6.04 Å². The van der Waals surface area contributed by atoms with Crippen molar-refractivity contribution in [2.75, 3.05) is 20.3 Å². The molecule has 0 saturated heterocycles. The van der Waals surface area contributed by atoms with E-state index in [1.807, 2.05) is 0 Å². The highest BCUT2D eigenvalue weighted by molar-refractivity contribution is 5.86. The van der Waals surface area contributed by atoms with E-state index in [0.29, 0.717) is 13.0 Å². The second-order valence-corrected chi connectivity index (χ2v) is 3.61. The van der Waals surface area contributed by atoms with E-state index < -0.39 is 12.1 Å². The summed E-state index contributed by atoms with van der Waals surface area (Å²) in [5, 5.41) is 14.4. The summed E-state index contributed by atoms with van der Waals surface area (Å²) < 4.78 is 4.74. The van der Waals surface area contributed by atoms with Crippen LogP contribution in [0.15, 0.2) is 0 Å². The molecular weight excluding hydrogens is 212 g/mol. The van der Waals surface area contributed by atoms with Gasteiger partial charge in [0, 0.05) is 20.6 Å². The summed E-state index contributed by atoms with van der Waals surface area (Å²) >= 11 is 0. The third-order valence-electron chi connectivity index (χ3n) is 1.95. The quantitative estimate of drug-likeness (QED) is 0.527. The lowest BCUT2D eigenvalue weighted by Crippen LogP contribution is -2.44. The highest BCUT2D eigenvalue weighted by Gasteiger charge is 2.13. The number of hydrogen-bond acceptors (Lipinski definition) is 4. The van der Waals surface area contributed by atoms with Gasteiger partial charge in [0.25, 0.3) is 0 Å². The smallest absolute Gasteiger partial charge is 0.242 e. The molecule has 0 bridgehead atoms. The molecule has 0 aliphatic carbocycles. The van der Waals surface area contributed by atoms with Crippen LogP contribution < -0.4 is 10.6 Å². The number of carbonyl (C=O) groups is 2. The van der Waals surface area contributed by atoms with E-state index in [-0.39, 0.29) is 18.4 Å². The molecule has 0 rings (SSSR count). The third kappa shape index (κ3) is 7.19. The Kier molecular flexibility index (Phi) is 7.49. The van der Waals surface area contributed by atoms with Crippen LogP contribution in [0.4, 0.5) is 0 Å². The van der Waals surface area contributed by atoms with Crippen LogP contribution in [0.2, 0.25) is 0 Å². The predicted molar refractivity (Wildman–Crippen MR) is 58.8 cm³/mol. The van der Waals surface area contributed by atoms with Crippen molar-refractivity contribution in [1.29, 1.82) is 0 Å². The molecule has 0 heterocycles. The number of amides is 2. The fourth-order valence-corrected chi connectivity index (χ4v) is 1.16. The third-order valence-corrected chi connectivity index (χ3v) is 1.95. The zero-order valence-electron chi connectivity index (χ0n) is 9.95.